The topological polar surface area (TPSA) is 116 Å². The van der Waals surface area contributed by atoms with Crippen LogP contribution in [0.15, 0.2) is 12.3 Å². The van der Waals surface area contributed by atoms with Gasteiger partial charge < -0.3 is 20.2 Å². The lowest BCUT2D eigenvalue weighted by molar-refractivity contribution is -0.389. The molecule has 29 heavy (non-hydrogen) atoms. The van der Waals surface area contributed by atoms with Gasteiger partial charge in [-0.2, -0.15) is 4.68 Å². The summed E-state index contributed by atoms with van der Waals surface area (Å²) in [6.07, 6.45) is 5.86. The normalized spacial score (nSPS) is 14.1. The smallest absolute Gasteiger partial charge is 0.389 e. The third-order valence-corrected chi connectivity index (χ3v) is 6.10. The Labute approximate surface area is 172 Å². The second-order valence-electron chi connectivity index (χ2n) is 7.03. The van der Waals surface area contributed by atoms with E-state index in [9.17, 15) is 19.7 Å². The molecule has 1 aliphatic carbocycles. The van der Waals surface area contributed by atoms with E-state index in [1.165, 1.54) is 28.3 Å². The molecule has 0 aromatic carbocycles. The molecule has 1 N–H and O–H groups in total. The SMILES string of the molecule is CCC(C)OC(=O)c1c(NC(=O)CCn2ccc([N+](=O)[O-])n2)sc2c1CCCC2. The molecular formula is C19H24N4O5S. The lowest BCUT2D eigenvalue weighted by atomic mass is 9.95. The molecule has 0 saturated heterocycles. The average molecular weight is 420 g/mol. The Balaban J connectivity index is 1.71. The first kappa shape index (κ1) is 21.0. The summed E-state index contributed by atoms with van der Waals surface area (Å²) in [6, 6.07) is 1.29. The van der Waals surface area contributed by atoms with E-state index in [2.05, 4.69) is 10.4 Å². The van der Waals surface area contributed by atoms with E-state index < -0.39 is 10.9 Å². The molecule has 0 aliphatic heterocycles. The Morgan fingerprint density at radius 3 is 2.86 bits per heavy atom. The number of anilines is 1. The monoisotopic (exact) mass is 420 g/mol. The fourth-order valence-electron chi connectivity index (χ4n) is 3.17. The summed E-state index contributed by atoms with van der Waals surface area (Å²) in [5.41, 5.74) is 1.47. The third kappa shape index (κ3) is 5.00. The predicted molar refractivity (Wildman–Crippen MR) is 108 cm³/mol. The van der Waals surface area contributed by atoms with Crippen molar-refractivity contribution >= 4 is 34.0 Å². The highest BCUT2D eigenvalue weighted by Gasteiger charge is 2.28. The van der Waals surface area contributed by atoms with Crippen molar-refractivity contribution in [1.29, 1.82) is 0 Å². The van der Waals surface area contributed by atoms with Gasteiger partial charge in [0.2, 0.25) is 5.91 Å². The summed E-state index contributed by atoms with van der Waals surface area (Å²) in [4.78, 5) is 36.5. The van der Waals surface area contributed by atoms with Crippen LogP contribution in [0.1, 0.15) is 60.3 Å². The second-order valence-corrected chi connectivity index (χ2v) is 8.14. The largest absolute Gasteiger partial charge is 0.459 e. The zero-order valence-electron chi connectivity index (χ0n) is 16.5. The van der Waals surface area contributed by atoms with Crippen LogP contribution in [0.4, 0.5) is 10.8 Å². The van der Waals surface area contributed by atoms with Gasteiger partial charge in [0.15, 0.2) is 0 Å². The fraction of sp³-hybridized carbons (Fsp3) is 0.526. The summed E-state index contributed by atoms with van der Waals surface area (Å²) in [6.45, 7) is 4.00. The quantitative estimate of drug-likeness (QED) is 0.395. The van der Waals surface area contributed by atoms with Crippen LogP contribution < -0.4 is 5.32 Å². The highest BCUT2D eigenvalue weighted by Crippen LogP contribution is 2.38. The Morgan fingerprint density at radius 2 is 2.17 bits per heavy atom. The maximum absolute atomic E-state index is 12.8. The van der Waals surface area contributed by atoms with Gasteiger partial charge in [-0.25, -0.2) is 4.79 Å². The van der Waals surface area contributed by atoms with Crippen LogP contribution in [0.25, 0.3) is 0 Å². The van der Waals surface area contributed by atoms with Gasteiger partial charge in [0.25, 0.3) is 0 Å². The molecule has 0 radical (unpaired) electrons. The van der Waals surface area contributed by atoms with E-state index in [0.717, 1.165) is 42.5 Å². The summed E-state index contributed by atoms with van der Waals surface area (Å²) in [5.74, 6) is -0.928. The number of carbonyl (C=O) groups is 2. The number of amides is 1. The number of hydrogen-bond donors (Lipinski definition) is 1. The van der Waals surface area contributed by atoms with Crippen molar-refractivity contribution in [2.75, 3.05) is 5.32 Å². The van der Waals surface area contributed by atoms with Gasteiger partial charge in [0.05, 0.1) is 35.6 Å². The number of aromatic nitrogens is 2. The van der Waals surface area contributed by atoms with Gasteiger partial charge in [0, 0.05) is 11.3 Å². The van der Waals surface area contributed by atoms with E-state index in [1.54, 1.807) is 0 Å². The van der Waals surface area contributed by atoms with E-state index in [0.29, 0.717) is 10.6 Å². The number of ether oxygens (including phenoxy) is 1. The minimum atomic E-state index is -0.581. The zero-order valence-corrected chi connectivity index (χ0v) is 17.3. The van der Waals surface area contributed by atoms with Crippen molar-refractivity contribution in [1.82, 2.24) is 9.78 Å². The number of fused-ring (bicyclic) bond motifs is 1. The molecule has 0 saturated carbocycles. The molecule has 2 aromatic rings. The lowest BCUT2D eigenvalue weighted by Crippen LogP contribution is -2.19. The number of nitrogens with one attached hydrogen (secondary N) is 1. The Morgan fingerprint density at radius 1 is 1.41 bits per heavy atom. The molecule has 156 valence electrons. The Hall–Kier alpha value is -2.75. The zero-order chi connectivity index (χ0) is 21.0. The summed E-state index contributed by atoms with van der Waals surface area (Å²) < 4.78 is 6.88. The first-order valence-corrected chi connectivity index (χ1v) is 10.5. The van der Waals surface area contributed by atoms with Crippen LogP contribution >= 0.6 is 11.3 Å². The van der Waals surface area contributed by atoms with E-state index in [-0.39, 0.29) is 30.8 Å². The standard InChI is InChI=1S/C19H24N4O5S/c1-3-12(2)28-19(25)17-13-6-4-5-7-14(13)29-18(17)20-16(24)9-11-22-10-8-15(21-22)23(26)27/h8,10,12H,3-7,9,11H2,1-2H3,(H,20,24). The third-order valence-electron chi connectivity index (χ3n) is 4.89. The van der Waals surface area contributed by atoms with Gasteiger partial charge in [-0.1, -0.05) is 6.92 Å². The van der Waals surface area contributed by atoms with Crippen molar-refractivity contribution in [3.05, 3.63) is 38.4 Å². The van der Waals surface area contributed by atoms with Gasteiger partial charge >= 0.3 is 11.8 Å². The van der Waals surface area contributed by atoms with Crippen LogP contribution in [0.3, 0.4) is 0 Å². The number of rotatable bonds is 8. The van der Waals surface area contributed by atoms with Gasteiger partial charge in [-0.3, -0.25) is 4.79 Å². The molecule has 9 nitrogen and oxygen atoms in total. The molecule has 0 spiro atoms. The predicted octanol–water partition coefficient (Wildman–Crippen LogP) is 3.72. The van der Waals surface area contributed by atoms with Crippen LogP contribution in [-0.4, -0.2) is 32.7 Å². The second kappa shape index (κ2) is 9.17. The van der Waals surface area contributed by atoms with E-state index in [4.69, 9.17) is 4.74 Å². The number of carbonyl (C=O) groups excluding carboxylic acids is 2. The number of aryl methyl sites for hydroxylation is 2. The molecule has 1 aliphatic rings. The van der Waals surface area contributed by atoms with E-state index in [1.807, 2.05) is 13.8 Å². The molecule has 3 rings (SSSR count). The molecule has 2 aromatic heterocycles. The lowest BCUT2D eigenvalue weighted by Gasteiger charge is -2.15. The Bertz CT molecular complexity index is 920. The minimum absolute atomic E-state index is 0.0846. The highest BCUT2D eigenvalue weighted by atomic mass is 32.1. The van der Waals surface area contributed by atoms with E-state index >= 15 is 0 Å². The molecule has 1 unspecified atom stereocenters. The number of nitro groups is 1. The van der Waals surface area contributed by atoms with Crippen molar-refractivity contribution in [2.24, 2.45) is 0 Å². The van der Waals surface area contributed by atoms with Gasteiger partial charge in [-0.05, 0) is 49.5 Å². The molecule has 10 heteroatoms. The molecule has 0 bridgehead atoms. The summed E-state index contributed by atoms with van der Waals surface area (Å²) >= 11 is 1.44. The van der Waals surface area contributed by atoms with Crippen LogP contribution in [-0.2, 0) is 28.9 Å². The van der Waals surface area contributed by atoms with Gasteiger partial charge in [0.1, 0.15) is 5.00 Å². The highest BCUT2D eigenvalue weighted by molar-refractivity contribution is 7.17. The van der Waals surface area contributed by atoms with Crippen molar-refractivity contribution in [3.63, 3.8) is 0 Å². The van der Waals surface area contributed by atoms with Crippen molar-refractivity contribution in [2.45, 2.75) is 65.0 Å². The first-order valence-electron chi connectivity index (χ1n) is 9.72. The molecule has 0 fully saturated rings. The van der Waals surface area contributed by atoms with Crippen molar-refractivity contribution < 1.29 is 19.2 Å². The number of nitrogens with zero attached hydrogens (tertiary/aromatic N) is 3. The van der Waals surface area contributed by atoms with Crippen LogP contribution in [0, 0.1) is 10.1 Å². The molecular weight excluding hydrogens is 396 g/mol. The first-order chi connectivity index (χ1) is 13.9. The molecule has 1 amide bonds. The van der Waals surface area contributed by atoms with Crippen LogP contribution in [0.5, 0.6) is 0 Å². The summed E-state index contributed by atoms with van der Waals surface area (Å²) in [5, 5.41) is 17.9. The van der Waals surface area contributed by atoms with Crippen molar-refractivity contribution in [3.8, 4) is 0 Å². The minimum Gasteiger partial charge on any atom is -0.459 e. The number of hydrogen-bond acceptors (Lipinski definition) is 7. The van der Waals surface area contributed by atoms with Gasteiger partial charge in [-0.15, -0.1) is 11.3 Å². The number of thiophene rings is 1. The maximum atomic E-state index is 12.8. The summed E-state index contributed by atoms with van der Waals surface area (Å²) in [7, 11) is 0. The average Bonchev–Trinajstić information content (AvgIpc) is 3.30. The molecule has 1 atom stereocenters. The van der Waals surface area contributed by atoms with Crippen LogP contribution in [0.2, 0.25) is 0 Å². The molecule has 2 heterocycles. The fourth-order valence-corrected chi connectivity index (χ4v) is 4.47. The maximum Gasteiger partial charge on any atom is 0.389 e. The number of esters is 1. The Kier molecular flexibility index (Phi) is 6.63.